The summed E-state index contributed by atoms with van der Waals surface area (Å²) in [5.41, 5.74) is 8.70. The van der Waals surface area contributed by atoms with Crippen LogP contribution >= 0.6 is 0 Å². The summed E-state index contributed by atoms with van der Waals surface area (Å²) in [5.74, 6) is -0.386. The minimum Gasteiger partial charge on any atom is -0.398 e. The zero-order chi connectivity index (χ0) is 15.6. The summed E-state index contributed by atoms with van der Waals surface area (Å²) < 4.78 is 13.0. The van der Waals surface area contributed by atoms with Crippen molar-refractivity contribution in [2.24, 2.45) is 0 Å². The number of rotatable bonds is 3. The fourth-order valence-electron chi connectivity index (χ4n) is 2.22. The Morgan fingerprint density at radius 2 is 1.81 bits per heavy atom. The second kappa shape index (κ2) is 5.95. The molecule has 3 nitrogen and oxygen atoms in total. The minimum atomic E-state index is -0.286. The van der Waals surface area contributed by atoms with E-state index in [9.17, 15) is 9.18 Å². The van der Waals surface area contributed by atoms with Crippen molar-refractivity contribution in [2.45, 2.75) is 19.9 Å². The van der Waals surface area contributed by atoms with Crippen LogP contribution in [0.4, 0.5) is 10.1 Å². The van der Waals surface area contributed by atoms with Crippen molar-refractivity contribution < 1.29 is 9.18 Å². The van der Waals surface area contributed by atoms with Crippen LogP contribution in [0.2, 0.25) is 0 Å². The number of hydrogen-bond donors (Lipinski definition) is 1. The third-order valence-electron chi connectivity index (χ3n) is 3.86. The van der Waals surface area contributed by atoms with Crippen molar-refractivity contribution in [3.8, 4) is 0 Å². The largest absolute Gasteiger partial charge is 0.398 e. The van der Waals surface area contributed by atoms with Gasteiger partial charge in [-0.1, -0.05) is 18.2 Å². The molecular formula is C17H19FN2O. The Balaban J connectivity index is 2.26. The lowest BCUT2D eigenvalue weighted by Crippen LogP contribution is -2.30. The van der Waals surface area contributed by atoms with Gasteiger partial charge in [0.1, 0.15) is 5.82 Å². The fourth-order valence-corrected chi connectivity index (χ4v) is 2.22. The third-order valence-corrected chi connectivity index (χ3v) is 3.86. The number of anilines is 1. The SMILES string of the molecule is Cc1c(N)cccc1C(=O)N(C)C(C)c1ccc(F)cc1. The first-order valence-corrected chi connectivity index (χ1v) is 6.79. The van der Waals surface area contributed by atoms with Gasteiger partial charge in [0.05, 0.1) is 6.04 Å². The van der Waals surface area contributed by atoms with Crippen LogP contribution in [0.1, 0.15) is 34.5 Å². The van der Waals surface area contributed by atoms with Gasteiger partial charge in [0, 0.05) is 18.3 Å². The summed E-state index contributed by atoms with van der Waals surface area (Å²) in [4.78, 5) is 14.2. The van der Waals surface area contributed by atoms with Crippen molar-refractivity contribution in [2.75, 3.05) is 12.8 Å². The highest BCUT2D eigenvalue weighted by molar-refractivity contribution is 5.97. The van der Waals surface area contributed by atoms with Gasteiger partial charge in [0.25, 0.3) is 5.91 Å². The summed E-state index contributed by atoms with van der Waals surface area (Å²) in [6.45, 7) is 3.74. The summed E-state index contributed by atoms with van der Waals surface area (Å²) >= 11 is 0. The zero-order valence-electron chi connectivity index (χ0n) is 12.4. The highest BCUT2D eigenvalue weighted by atomic mass is 19.1. The van der Waals surface area contributed by atoms with Crippen molar-refractivity contribution in [1.29, 1.82) is 0 Å². The van der Waals surface area contributed by atoms with Gasteiger partial charge >= 0.3 is 0 Å². The molecule has 2 N–H and O–H groups in total. The zero-order valence-corrected chi connectivity index (χ0v) is 12.4. The Morgan fingerprint density at radius 1 is 1.19 bits per heavy atom. The molecule has 0 saturated carbocycles. The van der Waals surface area contributed by atoms with E-state index in [-0.39, 0.29) is 17.8 Å². The summed E-state index contributed by atoms with van der Waals surface area (Å²) in [7, 11) is 1.74. The van der Waals surface area contributed by atoms with Gasteiger partial charge in [-0.15, -0.1) is 0 Å². The number of carbonyl (C=O) groups excluding carboxylic acids is 1. The van der Waals surface area contributed by atoms with E-state index in [0.29, 0.717) is 11.3 Å². The van der Waals surface area contributed by atoms with Gasteiger partial charge in [-0.2, -0.15) is 0 Å². The first-order chi connectivity index (χ1) is 9.91. The molecule has 1 amide bonds. The summed E-state index contributed by atoms with van der Waals surface area (Å²) in [5, 5.41) is 0. The van der Waals surface area contributed by atoms with Crippen molar-refractivity contribution in [1.82, 2.24) is 4.90 Å². The number of nitrogen functional groups attached to an aromatic ring is 1. The topological polar surface area (TPSA) is 46.3 Å². The van der Waals surface area contributed by atoms with Crippen molar-refractivity contribution in [3.05, 3.63) is 65.0 Å². The quantitative estimate of drug-likeness (QED) is 0.877. The number of nitrogens with two attached hydrogens (primary N) is 1. The van der Waals surface area contributed by atoms with E-state index in [1.54, 1.807) is 42.3 Å². The predicted molar refractivity (Wildman–Crippen MR) is 82.5 cm³/mol. The normalized spacial score (nSPS) is 12.0. The number of amides is 1. The van der Waals surface area contributed by atoms with Crippen molar-refractivity contribution in [3.63, 3.8) is 0 Å². The molecule has 0 aliphatic rings. The van der Waals surface area contributed by atoms with Crippen LogP contribution in [0.25, 0.3) is 0 Å². The van der Waals surface area contributed by atoms with Crippen molar-refractivity contribution >= 4 is 11.6 Å². The first-order valence-electron chi connectivity index (χ1n) is 6.79. The molecule has 0 aliphatic heterocycles. The lowest BCUT2D eigenvalue weighted by Gasteiger charge is -2.26. The van der Waals surface area contributed by atoms with E-state index in [4.69, 9.17) is 5.73 Å². The standard InChI is InChI=1S/C17H19FN2O/c1-11-15(5-4-6-16(11)19)17(21)20(3)12(2)13-7-9-14(18)10-8-13/h4-10,12H,19H2,1-3H3. The van der Waals surface area contributed by atoms with Crippen LogP contribution in [-0.4, -0.2) is 17.9 Å². The number of carbonyl (C=O) groups is 1. The van der Waals surface area contributed by atoms with Gasteiger partial charge in [-0.3, -0.25) is 4.79 Å². The average Bonchev–Trinajstić information content (AvgIpc) is 2.48. The number of nitrogens with zero attached hydrogens (tertiary/aromatic N) is 1. The molecule has 21 heavy (non-hydrogen) atoms. The fraction of sp³-hybridized carbons (Fsp3) is 0.235. The Bertz CT molecular complexity index is 652. The van der Waals surface area contributed by atoms with E-state index < -0.39 is 0 Å². The Kier molecular flexibility index (Phi) is 4.26. The van der Waals surface area contributed by atoms with Gasteiger partial charge in [-0.25, -0.2) is 4.39 Å². The van der Waals surface area contributed by atoms with Crippen LogP contribution in [0, 0.1) is 12.7 Å². The molecule has 0 heterocycles. The van der Waals surface area contributed by atoms with Crippen LogP contribution in [0.15, 0.2) is 42.5 Å². The maximum atomic E-state index is 13.0. The maximum absolute atomic E-state index is 13.0. The average molecular weight is 286 g/mol. The minimum absolute atomic E-state index is 0.100. The molecule has 2 aromatic carbocycles. The van der Waals surface area contributed by atoms with E-state index in [2.05, 4.69) is 0 Å². The maximum Gasteiger partial charge on any atom is 0.254 e. The van der Waals surface area contributed by atoms with Crippen LogP contribution in [-0.2, 0) is 0 Å². The molecular weight excluding hydrogens is 267 g/mol. The Morgan fingerprint density at radius 3 is 2.43 bits per heavy atom. The highest BCUT2D eigenvalue weighted by Crippen LogP contribution is 2.23. The molecule has 1 unspecified atom stereocenters. The molecule has 0 aliphatic carbocycles. The third kappa shape index (κ3) is 3.05. The molecule has 4 heteroatoms. The lowest BCUT2D eigenvalue weighted by atomic mass is 10.0. The molecule has 0 saturated heterocycles. The first kappa shape index (κ1) is 15.0. The van der Waals surface area contributed by atoms with E-state index in [1.165, 1.54) is 12.1 Å². The molecule has 2 rings (SSSR count). The van der Waals surface area contributed by atoms with E-state index in [1.807, 2.05) is 13.8 Å². The smallest absolute Gasteiger partial charge is 0.254 e. The van der Waals surface area contributed by atoms with E-state index >= 15 is 0 Å². The van der Waals surface area contributed by atoms with Gasteiger partial charge in [-0.05, 0) is 49.2 Å². The molecule has 2 aromatic rings. The molecule has 0 radical (unpaired) electrons. The number of hydrogen-bond acceptors (Lipinski definition) is 2. The summed E-state index contributed by atoms with van der Waals surface area (Å²) in [6, 6.07) is 11.3. The molecule has 0 spiro atoms. The molecule has 0 bridgehead atoms. The second-order valence-corrected chi connectivity index (χ2v) is 5.16. The number of benzene rings is 2. The van der Waals surface area contributed by atoms with Gasteiger partial charge < -0.3 is 10.6 Å². The summed E-state index contributed by atoms with van der Waals surface area (Å²) in [6.07, 6.45) is 0. The van der Waals surface area contributed by atoms with Crippen LogP contribution in [0.5, 0.6) is 0 Å². The number of halogens is 1. The van der Waals surface area contributed by atoms with Crippen LogP contribution < -0.4 is 5.73 Å². The van der Waals surface area contributed by atoms with Gasteiger partial charge in [0.15, 0.2) is 0 Å². The highest BCUT2D eigenvalue weighted by Gasteiger charge is 2.20. The van der Waals surface area contributed by atoms with Crippen LogP contribution in [0.3, 0.4) is 0 Å². The molecule has 0 aromatic heterocycles. The predicted octanol–water partition coefficient (Wildman–Crippen LogP) is 3.55. The monoisotopic (exact) mass is 286 g/mol. The lowest BCUT2D eigenvalue weighted by molar-refractivity contribution is 0.0742. The second-order valence-electron chi connectivity index (χ2n) is 5.16. The Hall–Kier alpha value is -2.36. The van der Waals surface area contributed by atoms with E-state index in [0.717, 1.165) is 11.1 Å². The van der Waals surface area contributed by atoms with Gasteiger partial charge in [0.2, 0.25) is 0 Å². The molecule has 0 fully saturated rings. The molecule has 1 atom stereocenters. The molecule has 110 valence electrons. The Labute approximate surface area is 124 Å².